The summed E-state index contributed by atoms with van der Waals surface area (Å²) in [6.45, 7) is 7.90. The van der Waals surface area contributed by atoms with Crippen molar-refractivity contribution in [3.8, 4) is 11.8 Å². The maximum absolute atomic E-state index is 9.08. The Kier molecular flexibility index (Phi) is 3.29. The van der Waals surface area contributed by atoms with Crippen LogP contribution < -0.4 is 10.3 Å². The molecule has 0 spiro atoms. The average Bonchev–Trinajstić information content (AvgIpc) is 2.57. The van der Waals surface area contributed by atoms with E-state index in [1.54, 1.807) is 6.07 Å². The molecular weight excluding hydrogens is 243 g/mol. The minimum atomic E-state index is -0.567. The van der Waals surface area contributed by atoms with E-state index in [1.807, 2.05) is 27.7 Å². The monoisotopic (exact) mass is 260 g/mol. The van der Waals surface area contributed by atoms with Crippen molar-refractivity contribution in [2.75, 3.05) is 7.11 Å². The minimum Gasteiger partial charge on any atom is -0.494 e. The first-order valence-electron chi connectivity index (χ1n) is 6.10. The van der Waals surface area contributed by atoms with Gasteiger partial charge in [0.15, 0.2) is 5.75 Å². The fourth-order valence-corrected chi connectivity index (χ4v) is 1.80. The first-order valence-corrected chi connectivity index (χ1v) is 6.10. The lowest BCUT2D eigenvalue weighted by molar-refractivity contribution is 0.00578. The van der Waals surface area contributed by atoms with Gasteiger partial charge in [0, 0.05) is 0 Å². The summed E-state index contributed by atoms with van der Waals surface area (Å²) in [4.78, 5) is 4.25. The van der Waals surface area contributed by atoms with Crippen molar-refractivity contribution in [1.82, 2.24) is 4.98 Å². The Labute approximate surface area is 113 Å². The van der Waals surface area contributed by atoms with Gasteiger partial charge in [-0.2, -0.15) is 5.26 Å². The highest BCUT2D eigenvalue weighted by molar-refractivity contribution is 6.61. The van der Waals surface area contributed by atoms with E-state index in [1.165, 1.54) is 13.3 Å². The zero-order valence-electron chi connectivity index (χ0n) is 11.9. The largest absolute Gasteiger partial charge is 0.514 e. The van der Waals surface area contributed by atoms with E-state index in [9.17, 15) is 0 Å². The zero-order chi connectivity index (χ0) is 14.3. The van der Waals surface area contributed by atoms with Gasteiger partial charge in [-0.3, -0.25) is 4.98 Å². The number of nitrogens with zero attached hydrogens (tertiary/aromatic N) is 2. The third kappa shape index (κ3) is 2.31. The molecule has 0 N–H and O–H groups in total. The normalized spacial score (nSPS) is 20.1. The van der Waals surface area contributed by atoms with Gasteiger partial charge in [0.1, 0.15) is 6.07 Å². The van der Waals surface area contributed by atoms with Gasteiger partial charge >= 0.3 is 7.12 Å². The van der Waals surface area contributed by atoms with E-state index in [4.69, 9.17) is 19.3 Å². The molecule has 0 saturated carbocycles. The highest BCUT2D eigenvalue weighted by Crippen LogP contribution is 2.36. The highest BCUT2D eigenvalue weighted by Gasteiger charge is 2.52. The number of hydrogen-bond acceptors (Lipinski definition) is 5. The first-order chi connectivity index (χ1) is 8.80. The average molecular weight is 260 g/mol. The molecule has 0 unspecified atom stereocenters. The summed E-state index contributed by atoms with van der Waals surface area (Å²) in [6.07, 6.45) is 1.51. The van der Waals surface area contributed by atoms with Crippen LogP contribution in [0, 0.1) is 11.3 Å². The molecule has 0 atom stereocenters. The maximum atomic E-state index is 9.08. The Balaban J connectivity index is 2.33. The molecule has 0 aliphatic carbocycles. The van der Waals surface area contributed by atoms with Crippen LogP contribution in [0.1, 0.15) is 33.3 Å². The number of methoxy groups -OCH3 is 1. The molecule has 0 amide bonds. The number of rotatable bonds is 2. The van der Waals surface area contributed by atoms with Crippen molar-refractivity contribution >= 4 is 12.7 Å². The molecule has 2 rings (SSSR count). The first kappa shape index (κ1) is 13.8. The summed E-state index contributed by atoms with van der Waals surface area (Å²) >= 11 is 0. The second kappa shape index (κ2) is 4.51. The van der Waals surface area contributed by atoms with Crippen LogP contribution in [0.3, 0.4) is 0 Å². The van der Waals surface area contributed by atoms with Crippen LogP contribution in [-0.4, -0.2) is 30.4 Å². The summed E-state index contributed by atoms with van der Waals surface area (Å²) in [5, 5.41) is 9.08. The molecule has 0 aromatic carbocycles. The lowest BCUT2D eigenvalue weighted by Gasteiger charge is -2.32. The minimum absolute atomic E-state index is 0.419. The summed E-state index contributed by atoms with van der Waals surface area (Å²) in [6, 6.07) is 3.72. The molecule has 1 aliphatic rings. The molecular formula is C13H17BN2O3. The van der Waals surface area contributed by atoms with Gasteiger partial charge in [-0.05, 0) is 33.8 Å². The third-order valence-electron chi connectivity index (χ3n) is 3.72. The van der Waals surface area contributed by atoms with E-state index < -0.39 is 18.3 Å². The number of aromatic nitrogens is 1. The Hall–Kier alpha value is -1.58. The van der Waals surface area contributed by atoms with Gasteiger partial charge in [0.25, 0.3) is 0 Å². The smallest absolute Gasteiger partial charge is 0.494 e. The fraction of sp³-hybridized carbons (Fsp3) is 0.538. The van der Waals surface area contributed by atoms with Crippen LogP contribution >= 0.6 is 0 Å². The lowest BCUT2D eigenvalue weighted by atomic mass is 9.83. The predicted molar refractivity (Wildman–Crippen MR) is 71.2 cm³/mol. The van der Waals surface area contributed by atoms with Crippen LogP contribution in [-0.2, 0) is 9.31 Å². The molecule has 1 aromatic heterocycles. The molecule has 1 saturated heterocycles. The summed E-state index contributed by atoms with van der Waals surface area (Å²) in [5.41, 5.74) is 0.149. The molecule has 1 aliphatic heterocycles. The summed E-state index contributed by atoms with van der Waals surface area (Å²) in [7, 11) is 0.940. The molecule has 5 nitrogen and oxygen atoms in total. The zero-order valence-corrected chi connectivity index (χ0v) is 11.9. The van der Waals surface area contributed by atoms with Gasteiger partial charge in [0.2, 0.25) is 0 Å². The molecule has 1 fully saturated rings. The predicted octanol–water partition coefficient (Wildman–Crippen LogP) is 1.26. The van der Waals surface area contributed by atoms with Crippen molar-refractivity contribution in [2.45, 2.75) is 38.9 Å². The number of hydrogen-bond donors (Lipinski definition) is 0. The third-order valence-corrected chi connectivity index (χ3v) is 3.72. The van der Waals surface area contributed by atoms with Crippen LogP contribution in [0.15, 0.2) is 12.3 Å². The fourth-order valence-electron chi connectivity index (χ4n) is 1.80. The van der Waals surface area contributed by atoms with Gasteiger partial charge in [-0.1, -0.05) is 0 Å². The van der Waals surface area contributed by atoms with Crippen molar-refractivity contribution < 1.29 is 14.0 Å². The second-order valence-corrected chi connectivity index (χ2v) is 5.51. The number of ether oxygens (including phenoxy) is 1. The highest BCUT2D eigenvalue weighted by atomic mass is 16.7. The van der Waals surface area contributed by atoms with Crippen LogP contribution in [0.4, 0.5) is 0 Å². The van der Waals surface area contributed by atoms with Crippen LogP contribution in [0.5, 0.6) is 5.75 Å². The molecule has 2 heterocycles. The quantitative estimate of drug-likeness (QED) is 0.749. The molecule has 19 heavy (non-hydrogen) atoms. The van der Waals surface area contributed by atoms with E-state index in [0.717, 1.165) is 0 Å². The van der Waals surface area contributed by atoms with Gasteiger partial charge in [-0.15, -0.1) is 0 Å². The van der Waals surface area contributed by atoms with Crippen molar-refractivity contribution in [3.63, 3.8) is 0 Å². The van der Waals surface area contributed by atoms with Gasteiger partial charge in [0.05, 0.1) is 35.7 Å². The van der Waals surface area contributed by atoms with Crippen molar-refractivity contribution in [3.05, 3.63) is 17.8 Å². The molecule has 0 radical (unpaired) electrons. The van der Waals surface area contributed by atoms with Crippen molar-refractivity contribution in [1.29, 1.82) is 5.26 Å². The molecule has 1 aromatic rings. The van der Waals surface area contributed by atoms with E-state index in [-0.39, 0.29) is 0 Å². The Morgan fingerprint density at radius 1 is 1.26 bits per heavy atom. The summed E-state index contributed by atoms with van der Waals surface area (Å²) < 4.78 is 16.8. The van der Waals surface area contributed by atoms with E-state index >= 15 is 0 Å². The molecule has 100 valence electrons. The topological polar surface area (TPSA) is 64.4 Å². The molecule has 0 bridgehead atoms. The molecule has 6 heteroatoms. The SMILES string of the molecule is COc1cnc(B2OC(C)(C)C(C)(C)O2)cc1C#N. The lowest BCUT2D eigenvalue weighted by Crippen LogP contribution is -2.41. The number of nitriles is 1. The Bertz CT molecular complexity index is 521. The van der Waals surface area contributed by atoms with Gasteiger partial charge in [-0.25, -0.2) is 0 Å². The van der Waals surface area contributed by atoms with Crippen LogP contribution in [0.25, 0.3) is 0 Å². The van der Waals surface area contributed by atoms with Crippen molar-refractivity contribution in [2.24, 2.45) is 0 Å². The summed E-state index contributed by atoms with van der Waals surface area (Å²) in [5.74, 6) is 0.447. The standard InChI is InChI=1S/C13H17BN2O3/c1-12(2)13(3,4)19-14(18-12)11-6-9(7-15)10(17-5)8-16-11/h6,8H,1-5H3. The number of pyridine rings is 1. The maximum Gasteiger partial charge on any atom is 0.514 e. The second-order valence-electron chi connectivity index (χ2n) is 5.51. The van der Waals surface area contributed by atoms with E-state index in [2.05, 4.69) is 11.1 Å². The Morgan fingerprint density at radius 2 is 1.84 bits per heavy atom. The van der Waals surface area contributed by atoms with E-state index in [0.29, 0.717) is 16.9 Å². The van der Waals surface area contributed by atoms with Gasteiger partial charge < -0.3 is 14.0 Å². The Morgan fingerprint density at radius 3 is 2.32 bits per heavy atom. The van der Waals surface area contributed by atoms with Crippen LogP contribution in [0.2, 0.25) is 0 Å².